The molecule has 0 aliphatic rings. The molecule has 86 valence electrons. The highest BCUT2D eigenvalue weighted by molar-refractivity contribution is 4.94. The molecule has 2 heteroatoms. The van der Waals surface area contributed by atoms with Crippen LogP contribution in [0.2, 0.25) is 0 Å². The summed E-state index contributed by atoms with van der Waals surface area (Å²) in [5.74, 6) is 0. The first-order chi connectivity index (χ1) is 7.33. The van der Waals surface area contributed by atoms with Crippen molar-refractivity contribution in [2.75, 3.05) is 5.43 Å². The van der Waals surface area contributed by atoms with Crippen LogP contribution in [0.5, 0.6) is 0 Å². The Hall–Kier alpha value is -0.920. The Morgan fingerprint density at radius 2 is 1.73 bits per heavy atom. The number of nitrogens with zero attached hydrogens (tertiary/aromatic N) is 1. The average molecular weight is 208 g/mol. The minimum atomic E-state index is 0.569. The predicted molar refractivity (Wildman–Crippen MR) is 66.6 cm³/mol. The van der Waals surface area contributed by atoms with E-state index in [1.807, 2.05) is 29.2 Å². The second kappa shape index (κ2) is 7.38. The third-order valence-electron chi connectivity index (χ3n) is 2.71. The normalized spacial score (nSPS) is 12.7. The maximum atomic E-state index is 3.43. The van der Waals surface area contributed by atoms with Gasteiger partial charge >= 0.3 is 0 Å². The van der Waals surface area contributed by atoms with Crippen LogP contribution < -0.4 is 5.43 Å². The fourth-order valence-corrected chi connectivity index (χ4v) is 1.79. The van der Waals surface area contributed by atoms with Gasteiger partial charge in [0.25, 0.3) is 0 Å². The maximum absolute atomic E-state index is 3.43. The summed E-state index contributed by atoms with van der Waals surface area (Å²) < 4.78 is 2.04. The van der Waals surface area contributed by atoms with Crippen molar-refractivity contribution in [1.82, 2.24) is 4.68 Å². The van der Waals surface area contributed by atoms with Gasteiger partial charge < -0.3 is 5.43 Å². The van der Waals surface area contributed by atoms with Gasteiger partial charge in [-0.1, -0.05) is 39.0 Å². The van der Waals surface area contributed by atoms with Crippen LogP contribution in [0.3, 0.4) is 0 Å². The molecule has 0 spiro atoms. The van der Waals surface area contributed by atoms with Crippen molar-refractivity contribution >= 4 is 0 Å². The lowest BCUT2D eigenvalue weighted by Crippen LogP contribution is -2.23. The molecule has 0 aliphatic carbocycles. The van der Waals surface area contributed by atoms with Gasteiger partial charge in [0.1, 0.15) is 0 Å². The first kappa shape index (κ1) is 12.2. The molecule has 0 saturated heterocycles. The summed E-state index contributed by atoms with van der Waals surface area (Å²) in [7, 11) is 0. The van der Waals surface area contributed by atoms with E-state index in [0.717, 1.165) is 0 Å². The molecule has 1 atom stereocenters. The smallest absolute Gasteiger partial charge is 0.0396 e. The Balaban J connectivity index is 2.01. The van der Waals surface area contributed by atoms with Crippen LogP contribution >= 0.6 is 0 Å². The van der Waals surface area contributed by atoms with E-state index < -0.39 is 0 Å². The van der Waals surface area contributed by atoms with Crippen molar-refractivity contribution in [2.45, 2.75) is 58.4 Å². The second-order valence-corrected chi connectivity index (χ2v) is 4.32. The molecule has 2 nitrogen and oxygen atoms in total. The zero-order valence-corrected chi connectivity index (χ0v) is 10.1. The third kappa shape index (κ3) is 5.50. The van der Waals surface area contributed by atoms with E-state index >= 15 is 0 Å². The summed E-state index contributed by atoms with van der Waals surface area (Å²) in [4.78, 5) is 0. The van der Waals surface area contributed by atoms with Crippen molar-refractivity contribution < 1.29 is 0 Å². The van der Waals surface area contributed by atoms with E-state index in [1.165, 1.54) is 38.5 Å². The minimum absolute atomic E-state index is 0.569. The second-order valence-electron chi connectivity index (χ2n) is 4.32. The Morgan fingerprint density at radius 3 is 2.40 bits per heavy atom. The maximum Gasteiger partial charge on any atom is 0.0396 e. The van der Waals surface area contributed by atoms with Crippen molar-refractivity contribution in [3.05, 3.63) is 24.5 Å². The Kier molecular flexibility index (Phi) is 5.98. The van der Waals surface area contributed by atoms with E-state index in [2.05, 4.69) is 19.3 Å². The van der Waals surface area contributed by atoms with Crippen LogP contribution in [0.25, 0.3) is 0 Å². The number of rotatable bonds is 8. The molecule has 1 aromatic rings. The molecule has 1 aromatic heterocycles. The monoisotopic (exact) mass is 208 g/mol. The fourth-order valence-electron chi connectivity index (χ4n) is 1.79. The van der Waals surface area contributed by atoms with E-state index in [4.69, 9.17) is 0 Å². The summed E-state index contributed by atoms with van der Waals surface area (Å²) in [6.45, 7) is 4.51. The minimum Gasteiger partial charge on any atom is -0.324 e. The summed E-state index contributed by atoms with van der Waals surface area (Å²) in [6, 6.07) is 4.65. The van der Waals surface area contributed by atoms with Gasteiger partial charge in [-0.25, -0.2) is 0 Å². The van der Waals surface area contributed by atoms with E-state index in [1.54, 1.807) is 0 Å². The van der Waals surface area contributed by atoms with Crippen LogP contribution in [0.4, 0.5) is 0 Å². The molecule has 0 radical (unpaired) electrons. The standard InChI is InChI=1S/C13H24N2/c1-3-4-5-6-7-10-13(2)14-15-11-8-9-12-15/h8-9,11-14H,3-7,10H2,1-2H3. The van der Waals surface area contributed by atoms with Gasteiger partial charge in [-0.05, 0) is 25.5 Å². The quantitative estimate of drug-likeness (QED) is 0.643. The molecule has 1 unspecified atom stereocenters. The molecule has 1 heterocycles. The van der Waals surface area contributed by atoms with E-state index in [9.17, 15) is 0 Å². The lowest BCUT2D eigenvalue weighted by molar-refractivity contribution is 0.554. The molecule has 0 aromatic carbocycles. The molecule has 0 bridgehead atoms. The molecular weight excluding hydrogens is 184 g/mol. The summed E-state index contributed by atoms with van der Waals surface area (Å²) in [5, 5.41) is 0. The highest BCUT2D eigenvalue weighted by Gasteiger charge is 2.00. The van der Waals surface area contributed by atoms with Gasteiger partial charge in [0, 0.05) is 18.4 Å². The van der Waals surface area contributed by atoms with E-state index in [0.29, 0.717) is 6.04 Å². The predicted octanol–water partition coefficient (Wildman–Crippen LogP) is 3.78. The van der Waals surface area contributed by atoms with Crippen molar-refractivity contribution in [2.24, 2.45) is 0 Å². The Labute approximate surface area is 93.7 Å². The highest BCUT2D eigenvalue weighted by atomic mass is 15.4. The van der Waals surface area contributed by atoms with Crippen molar-refractivity contribution in [3.8, 4) is 0 Å². The number of hydrogen-bond acceptors (Lipinski definition) is 1. The van der Waals surface area contributed by atoms with Gasteiger partial charge in [0.05, 0.1) is 0 Å². The molecule has 0 amide bonds. The van der Waals surface area contributed by atoms with Crippen LogP contribution in [0, 0.1) is 0 Å². The van der Waals surface area contributed by atoms with Crippen LogP contribution in [0.15, 0.2) is 24.5 Å². The molecular formula is C13H24N2. The largest absolute Gasteiger partial charge is 0.324 e. The molecule has 0 saturated carbocycles. The average Bonchev–Trinajstić information content (AvgIpc) is 2.70. The van der Waals surface area contributed by atoms with Gasteiger partial charge in [-0.2, -0.15) is 0 Å². The van der Waals surface area contributed by atoms with Gasteiger partial charge in [-0.15, -0.1) is 0 Å². The lowest BCUT2D eigenvalue weighted by Gasteiger charge is -2.15. The number of aromatic nitrogens is 1. The molecule has 1 rings (SSSR count). The third-order valence-corrected chi connectivity index (χ3v) is 2.71. The first-order valence-corrected chi connectivity index (χ1v) is 6.22. The SMILES string of the molecule is CCCCCCCC(C)Nn1cccc1. The van der Waals surface area contributed by atoms with Gasteiger partial charge in [0.2, 0.25) is 0 Å². The van der Waals surface area contributed by atoms with Crippen molar-refractivity contribution in [1.29, 1.82) is 0 Å². The van der Waals surface area contributed by atoms with Gasteiger partial charge in [-0.3, -0.25) is 4.68 Å². The number of nitrogens with one attached hydrogen (secondary N) is 1. The summed E-state index contributed by atoms with van der Waals surface area (Å²) in [6.07, 6.45) is 12.2. The summed E-state index contributed by atoms with van der Waals surface area (Å²) in [5.41, 5.74) is 3.43. The zero-order valence-electron chi connectivity index (χ0n) is 10.1. The molecule has 0 fully saturated rings. The Bertz CT molecular complexity index is 229. The summed E-state index contributed by atoms with van der Waals surface area (Å²) >= 11 is 0. The number of hydrogen-bond donors (Lipinski definition) is 1. The molecule has 0 aliphatic heterocycles. The van der Waals surface area contributed by atoms with Crippen LogP contribution in [-0.2, 0) is 0 Å². The van der Waals surface area contributed by atoms with Crippen molar-refractivity contribution in [3.63, 3.8) is 0 Å². The zero-order chi connectivity index (χ0) is 10.9. The van der Waals surface area contributed by atoms with Gasteiger partial charge in [0.15, 0.2) is 0 Å². The highest BCUT2D eigenvalue weighted by Crippen LogP contribution is 2.07. The molecule has 15 heavy (non-hydrogen) atoms. The Morgan fingerprint density at radius 1 is 1.07 bits per heavy atom. The fraction of sp³-hybridized carbons (Fsp3) is 0.692. The molecule has 1 N–H and O–H groups in total. The first-order valence-electron chi connectivity index (χ1n) is 6.22. The van der Waals surface area contributed by atoms with Crippen LogP contribution in [-0.4, -0.2) is 10.7 Å². The number of unbranched alkanes of at least 4 members (excludes halogenated alkanes) is 4. The van der Waals surface area contributed by atoms with Crippen LogP contribution in [0.1, 0.15) is 52.4 Å². The topological polar surface area (TPSA) is 17.0 Å². The lowest BCUT2D eigenvalue weighted by atomic mass is 10.1. The van der Waals surface area contributed by atoms with E-state index in [-0.39, 0.29) is 0 Å².